The Balaban J connectivity index is 1.44. The zero-order valence-electron chi connectivity index (χ0n) is 20.2. The summed E-state index contributed by atoms with van der Waals surface area (Å²) in [6.45, 7) is -0.0567. The largest absolute Gasteiger partial charge is 0.418 e. The van der Waals surface area contributed by atoms with Crippen LogP contribution in [-0.4, -0.2) is 36.2 Å². The van der Waals surface area contributed by atoms with Crippen molar-refractivity contribution in [1.29, 1.82) is 0 Å². The number of nitrogens with zero attached hydrogens (tertiary/aromatic N) is 2. The standard InChI is InChI=1S/C26H22F5N5O3/c27-17-2-4-22(20(8-17)26(29,30)31)36-19-3-1-15(21(28)9-19)11-34-24(38)25(5-6-39-14-25)13-35-23(37)16-7-18(32)12-33-10-16/h1-4,7-10,12-13,36H,5-6,11,14,32H2,(H,34,38)/t25-/m0/s1. The van der Waals surface area contributed by atoms with Crippen LogP contribution >= 0.6 is 0 Å². The van der Waals surface area contributed by atoms with E-state index in [4.69, 9.17) is 10.5 Å². The van der Waals surface area contributed by atoms with E-state index in [1.54, 1.807) is 0 Å². The van der Waals surface area contributed by atoms with Crippen molar-refractivity contribution in [3.8, 4) is 0 Å². The predicted octanol–water partition coefficient (Wildman–Crippen LogP) is 4.64. The van der Waals surface area contributed by atoms with E-state index in [2.05, 4.69) is 20.6 Å². The van der Waals surface area contributed by atoms with Crippen molar-refractivity contribution in [2.75, 3.05) is 24.3 Å². The van der Waals surface area contributed by atoms with E-state index in [9.17, 15) is 31.5 Å². The number of nitrogens with one attached hydrogen (secondary N) is 2. The molecule has 1 aliphatic heterocycles. The van der Waals surface area contributed by atoms with Crippen molar-refractivity contribution in [2.24, 2.45) is 10.4 Å². The zero-order valence-corrected chi connectivity index (χ0v) is 20.2. The Bertz CT molecular complexity index is 1420. The van der Waals surface area contributed by atoms with Gasteiger partial charge in [0.15, 0.2) is 0 Å². The number of carbonyl (C=O) groups excluding carboxylic acids is 2. The maximum absolute atomic E-state index is 14.8. The fourth-order valence-corrected chi connectivity index (χ4v) is 3.89. The molecule has 8 nitrogen and oxygen atoms in total. The molecule has 1 atom stereocenters. The Morgan fingerprint density at radius 1 is 1.13 bits per heavy atom. The van der Waals surface area contributed by atoms with Crippen molar-refractivity contribution in [1.82, 2.24) is 10.3 Å². The second-order valence-corrected chi connectivity index (χ2v) is 8.83. The summed E-state index contributed by atoms with van der Waals surface area (Å²) in [4.78, 5) is 33.1. The molecule has 4 N–H and O–H groups in total. The number of hydrogen-bond donors (Lipinski definition) is 3. The summed E-state index contributed by atoms with van der Waals surface area (Å²) in [5.41, 5.74) is 3.13. The lowest BCUT2D eigenvalue weighted by molar-refractivity contribution is -0.137. The van der Waals surface area contributed by atoms with Gasteiger partial charge < -0.3 is 21.1 Å². The zero-order chi connectivity index (χ0) is 28.2. The van der Waals surface area contributed by atoms with E-state index < -0.39 is 46.3 Å². The molecular formula is C26H22F5N5O3. The van der Waals surface area contributed by atoms with Gasteiger partial charge in [-0.05, 0) is 42.8 Å². The van der Waals surface area contributed by atoms with Gasteiger partial charge in [-0.1, -0.05) is 6.07 Å². The molecule has 4 rings (SSSR count). The second-order valence-electron chi connectivity index (χ2n) is 8.83. The molecule has 0 aliphatic carbocycles. The molecule has 2 aromatic carbocycles. The molecule has 2 amide bonds. The normalized spacial score (nSPS) is 17.4. The molecule has 0 spiro atoms. The molecule has 0 bridgehead atoms. The van der Waals surface area contributed by atoms with Gasteiger partial charge >= 0.3 is 6.18 Å². The van der Waals surface area contributed by atoms with Crippen LogP contribution in [0.4, 0.5) is 39.0 Å². The number of hydrogen-bond acceptors (Lipinski definition) is 6. The Hall–Kier alpha value is -4.39. The summed E-state index contributed by atoms with van der Waals surface area (Å²) in [6, 6.07) is 7.06. The van der Waals surface area contributed by atoms with Crippen LogP contribution in [0, 0.1) is 17.0 Å². The average Bonchev–Trinajstić information content (AvgIpc) is 3.37. The van der Waals surface area contributed by atoms with Gasteiger partial charge in [0, 0.05) is 43.0 Å². The minimum atomic E-state index is -4.83. The van der Waals surface area contributed by atoms with Crippen molar-refractivity contribution in [3.63, 3.8) is 0 Å². The van der Waals surface area contributed by atoms with E-state index in [1.165, 1.54) is 36.8 Å². The van der Waals surface area contributed by atoms with E-state index in [1.807, 2.05) is 0 Å². The summed E-state index contributed by atoms with van der Waals surface area (Å²) in [7, 11) is 0. The Kier molecular flexibility index (Phi) is 7.90. The number of benzene rings is 2. The molecule has 13 heteroatoms. The maximum atomic E-state index is 14.8. The lowest BCUT2D eigenvalue weighted by Crippen LogP contribution is -2.42. The van der Waals surface area contributed by atoms with Gasteiger partial charge in [-0.3, -0.25) is 14.6 Å². The lowest BCUT2D eigenvalue weighted by Gasteiger charge is -2.21. The summed E-state index contributed by atoms with van der Waals surface area (Å²) in [6.07, 6.45) is -0.743. The van der Waals surface area contributed by atoms with E-state index in [0.29, 0.717) is 6.07 Å². The highest BCUT2D eigenvalue weighted by Gasteiger charge is 2.41. The minimum absolute atomic E-state index is 0.0120. The molecule has 0 saturated carbocycles. The third-order valence-corrected chi connectivity index (χ3v) is 6.00. The quantitative estimate of drug-likeness (QED) is 0.293. The van der Waals surface area contributed by atoms with E-state index in [0.717, 1.165) is 18.2 Å². The topological polar surface area (TPSA) is 119 Å². The number of aromatic nitrogens is 1. The highest BCUT2D eigenvalue weighted by atomic mass is 19.4. The van der Waals surface area contributed by atoms with Crippen molar-refractivity contribution in [2.45, 2.75) is 19.1 Å². The summed E-state index contributed by atoms with van der Waals surface area (Å²) in [5.74, 6) is -3.07. The van der Waals surface area contributed by atoms with Gasteiger partial charge in [0.05, 0.1) is 29.1 Å². The number of amides is 2. The first kappa shape index (κ1) is 27.6. The predicted molar refractivity (Wildman–Crippen MR) is 132 cm³/mol. The monoisotopic (exact) mass is 547 g/mol. The molecule has 1 aromatic heterocycles. The summed E-state index contributed by atoms with van der Waals surface area (Å²) >= 11 is 0. The molecule has 1 fully saturated rings. The number of aliphatic imine (C=N–C) groups is 1. The van der Waals surface area contributed by atoms with Gasteiger partial charge in [-0.15, -0.1) is 0 Å². The number of ether oxygens (including phenoxy) is 1. The number of alkyl halides is 3. The Morgan fingerprint density at radius 2 is 1.92 bits per heavy atom. The smallest absolute Gasteiger partial charge is 0.397 e. The number of pyridine rings is 1. The Labute approximate surface area is 219 Å². The van der Waals surface area contributed by atoms with Crippen molar-refractivity contribution in [3.05, 3.63) is 83.2 Å². The molecule has 204 valence electrons. The number of rotatable bonds is 7. The van der Waals surface area contributed by atoms with Crippen LogP contribution in [0.2, 0.25) is 0 Å². The van der Waals surface area contributed by atoms with E-state index >= 15 is 0 Å². The van der Waals surface area contributed by atoms with Crippen LogP contribution in [0.5, 0.6) is 0 Å². The number of nitrogens with two attached hydrogens (primary N) is 1. The molecule has 1 aliphatic rings. The molecule has 1 saturated heterocycles. The number of anilines is 3. The molecule has 39 heavy (non-hydrogen) atoms. The fourth-order valence-electron chi connectivity index (χ4n) is 3.89. The maximum Gasteiger partial charge on any atom is 0.418 e. The van der Waals surface area contributed by atoms with Crippen LogP contribution in [0.3, 0.4) is 0 Å². The summed E-state index contributed by atoms with van der Waals surface area (Å²) in [5, 5.41) is 5.04. The van der Waals surface area contributed by atoms with Crippen molar-refractivity contribution >= 4 is 35.1 Å². The highest BCUT2D eigenvalue weighted by molar-refractivity contribution is 6.05. The number of nitrogen functional groups attached to an aromatic ring is 1. The van der Waals surface area contributed by atoms with Crippen LogP contribution in [-0.2, 0) is 22.3 Å². The highest BCUT2D eigenvalue weighted by Crippen LogP contribution is 2.36. The third kappa shape index (κ3) is 6.55. The Morgan fingerprint density at radius 3 is 2.59 bits per heavy atom. The van der Waals surface area contributed by atoms with Crippen LogP contribution in [0.25, 0.3) is 0 Å². The first-order valence-electron chi connectivity index (χ1n) is 11.6. The van der Waals surface area contributed by atoms with Crippen LogP contribution in [0.1, 0.15) is 27.9 Å². The van der Waals surface area contributed by atoms with Gasteiger partial charge in [0.1, 0.15) is 17.0 Å². The lowest BCUT2D eigenvalue weighted by atomic mass is 9.87. The molecule has 2 heterocycles. The van der Waals surface area contributed by atoms with Gasteiger partial charge in [-0.25, -0.2) is 13.8 Å². The number of carbonyl (C=O) groups is 2. The molecule has 0 radical (unpaired) electrons. The SMILES string of the molecule is Nc1cncc(C(=O)N=C[C@@]2(C(=O)NCc3ccc(Nc4ccc(F)cc4C(F)(F)F)cc3F)CCOC2)c1. The van der Waals surface area contributed by atoms with E-state index in [-0.39, 0.29) is 48.7 Å². The second kappa shape index (κ2) is 11.2. The molecular weight excluding hydrogens is 525 g/mol. The molecule has 0 unspecified atom stereocenters. The first-order chi connectivity index (χ1) is 18.5. The van der Waals surface area contributed by atoms with Crippen molar-refractivity contribution < 1.29 is 36.3 Å². The van der Waals surface area contributed by atoms with Crippen LogP contribution < -0.4 is 16.4 Å². The van der Waals surface area contributed by atoms with Gasteiger partial charge in [0.25, 0.3) is 5.91 Å². The van der Waals surface area contributed by atoms with Gasteiger partial charge in [-0.2, -0.15) is 13.2 Å². The minimum Gasteiger partial charge on any atom is -0.397 e. The average molecular weight is 547 g/mol. The third-order valence-electron chi connectivity index (χ3n) is 6.00. The fraction of sp³-hybridized carbons (Fsp3) is 0.231. The first-order valence-corrected chi connectivity index (χ1v) is 11.6. The number of halogens is 5. The summed E-state index contributed by atoms with van der Waals surface area (Å²) < 4.78 is 73.2. The van der Waals surface area contributed by atoms with Crippen LogP contribution in [0.15, 0.2) is 59.9 Å². The van der Waals surface area contributed by atoms with Gasteiger partial charge in [0.2, 0.25) is 5.91 Å². The molecule has 3 aromatic rings.